The molecule has 27 heavy (non-hydrogen) atoms. The number of fused-ring (bicyclic) bond motifs is 1. The van der Waals surface area contributed by atoms with Gasteiger partial charge in [-0.3, -0.25) is 0 Å². The maximum atomic E-state index is 12.7. The summed E-state index contributed by atoms with van der Waals surface area (Å²) in [7, 11) is 1.26. The minimum Gasteiger partial charge on any atom is -0.465 e. The Kier molecular flexibility index (Phi) is 6.38. The van der Waals surface area contributed by atoms with E-state index in [1.807, 2.05) is 13.8 Å². The van der Waals surface area contributed by atoms with Crippen LogP contribution in [-0.4, -0.2) is 23.0 Å². The van der Waals surface area contributed by atoms with Gasteiger partial charge in [0.15, 0.2) is 5.15 Å². The van der Waals surface area contributed by atoms with Crippen LogP contribution < -0.4 is 0 Å². The number of rotatable bonds is 2. The summed E-state index contributed by atoms with van der Waals surface area (Å²) in [6, 6.07) is 9.05. The average molecular weight is 397 g/mol. The van der Waals surface area contributed by atoms with Crippen LogP contribution in [-0.2, 0) is 10.9 Å². The van der Waals surface area contributed by atoms with Crippen molar-refractivity contribution in [1.29, 1.82) is 0 Å². The van der Waals surface area contributed by atoms with E-state index in [0.29, 0.717) is 22.2 Å². The van der Waals surface area contributed by atoms with Crippen LogP contribution in [0.25, 0.3) is 22.3 Å². The molecular weight excluding hydrogens is 381 g/mol. The lowest BCUT2D eigenvalue weighted by Crippen LogP contribution is -2.04. The van der Waals surface area contributed by atoms with Gasteiger partial charge in [-0.2, -0.15) is 13.2 Å². The normalized spacial score (nSPS) is 10.9. The summed E-state index contributed by atoms with van der Waals surface area (Å²) >= 11 is 6.12. The molecule has 0 spiro atoms. The summed E-state index contributed by atoms with van der Waals surface area (Å²) in [5, 5.41) is 0.0225. The predicted octanol–water partition coefficient (Wildman–Crippen LogP) is 5.78. The Morgan fingerprint density at radius 1 is 1.00 bits per heavy atom. The van der Waals surface area contributed by atoms with E-state index in [2.05, 4.69) is 14.7 Å². The van der Waals surface area contributed by atoms with Crippen LogP contribution >= 0.6 is 11.6 Å². The fourth-order valence-electron chi connectivity index (χ4n) is 2.28. The van der Waals surface area contributed by atoms with Gasteiger partial charge in [0.2, 0.25) is 0 Å². The van der Waals surface area contributed by atoms with E-state index in [9.17, 15) is 18.0 Å². The maximum Gasteiger partial charge on any atom is 0.416 e. The van der Waals surface area contributed by atoms with Crippen molar-refractivity contribution in [1.82, 2.24) is 9.97 Å². The third-order valence-electron chi connectivity index (χ3n) is 3.53. The van der Waals surface area contributed by atoms with Crippen LogP contribution in [0.5, 0.6) is 0 Å². The largest absolute Gasteiger partial charge is 0.465 e. The number of carbonyl (C=O) groups excluding carboxylic acids is 1. The van der Waals surface area contributed by atoms with E-state index in [1.165, 1.54) is 31.4 Å². The van der Waals surface area contributed by atoms with Crippen LogP contribution in [0.3, 0.4) is 0 Å². The molecule has 0 saturated carbocycles. The maximum absolute atomic E-state index is 12.7. The summed E-state index contributed by atoms with van der Waals surface area (Å²) in [6.45, 7) is 4.00. The number of hydrogen-bond acceptors (Lipinski definition) is 4. The van der Waals surface area contributed by atoms with E-state index >= 15 is 0 Å². The van der Waals surface area contributed by atoms with Gasteiger partial charge in [-0.15, -0.1) is 0 Å². The Balaban J connectivity index is 0.00000126. The van der Waals surface area contributed by atoms with Crippen molar-refractivity contribution in [2.24, 2.45) is 0 Å². The summed E-state index contributed by atoms with van der Waals surface area (Å²) in [4.78, 5) is 20.1. The molecule has 3 rings (SSSR count). The van der Waals surface area contributed by atoms with E-state index in [4.69, 9.17) is 11.6 Å². The van der Waals surface area contributed by atoms with Crippen molar-refractivity contribution in [3.05, 3.63) is 58.7 Å². The lowest BCUT2D eigenvalue weighted by molar-refractivity contribution is -0.137. The molecule has 0 aliphatic carbocycles. The van der Waals surface area contributed by atoms with Crippen LogP contribution in [0.4, 0.5) is 13.2 Å². The number of methoxy groups -OCH3 is 1. The van der Waals surface area contributed by atoms with E-state index in [-0.39, 0.29) is 10.8 Å². The Hall–Kier alpha value is -2.67. The number of alkyl halides is 3. The zero-order chi connectivity index (χ0) is 20.2. The van der Waals surface area contributed by atoms with Gasteiger partial charge in [0.1, 0.15) is 5.69 Å². The fraction of sp³-hybridized carbons (Fsp3) is 0.211. The van der Waals surface area contributed by atoms with Crippen molar-refractivity contribution in [3.63, 3.8) is 0 Å². The van der Waals surface area contributed by atoms with Gasteiger partial charge in [0, 0.05) is 5.56 Å². The van der Waals surface area contributed by atoms with E-state index < -0.39 is 17.7 Å². The summed E-state index contributed by atoms with van der Waals surface area (Å²) < 4.78 is 42.6. The first-order chi connectivity index (χ1) is 12.8. The number of nitrogens with zero attached hydrogens (tertiary/aromatic N) is 2. The Bertz CT molecular complexity index is 958. The second-order valence-electron chi connectivity index (χ2n) is 5.13. The summed E-state index contributed by atoms with van der Waals surface area (Å²) in [6.07, 6.45) is -4.42. The monoisotopic (exact) mass is 396 g/mol. The highest BCUT2D eigenvalue weighted by molar-refractivity contribution is 6.32. The molecular formula is C19H16ClF3N2O2. The second kappa shape index (κ2) is 8.35. The topological polar surface area (TPSA) is 52.1 Å². The minimum atomic E-state index is -4.42. The van der Waals surface area contributed by atoms with Gasteiger partial charge in [-0.05, 0) is 30.3 Å². The highest BCUT2D eigenvalue weighted by Crippen LogP contribution is 2.32. The molecule has 0 unspecified atom stereocenters. The second-order valence-corrected chi connectivity index (χ2v) is 5.49. The molecule has 4 nitrogen and oxygen atoms in total. The molecule has 0 bridgehead atoms. The SMILES string of the molecule is CC.COC(=O)c1ccc2nc(-c3ccc(C(F)(F)F)cc3)c(Cl)nc2c1. The molecule has 142 valence electrons. The first-order valence-corrected chi connectivity index (χ1v) is 8.40. The Morgan fingerprint density at radius 3 is 2.19 bits per heavy atom. The molecule has 0 atom stereocenters. The van der Waals surface area contributed by atoms with Crippen LogP contribution in [0.2, 0.25) is 5.15 Å². The smallest absolute Gasteiger partial charge is 0.416 e. The van der Waals surface area contributed by atoms with E-state index in [1.54, 1.807) is 6.07 Å². The number of halogens is 4. The molecule has 0 fully saturated rings. The summed E-state index contributed by atoms with van der Waals surface area (Å²) in [5.41, 5.74) is 1.03. The van der Waals surface area contributed by atoms with Crippen molar-refractivity contribution in [3.8, 4) is 11.3 Å². The zero-order valence-corrected chi connectivity index (χ0v) is 15.5. The number of aromatic nitrogens is 2. The van der Waals surface area contributed by atoms with Crippen LogP contribution in [0, 0.1) is 0 Å². The number of carbonyl (C=O) groups is 1. The van der Waals surface area contributed by atoms with Crippen LogP contribution in [0.1, 0.15) is 29.8 Å². The molecule has 0 radical (unpaired) electrons. The van der Waals surface area contributed by atoms with Gasteiger partial charge in [-0.25, -0.2) is 14.8 Å². The number of hydrogen-bond donors (Lipinski definition) is 0. The van der Waals surface area contributed by atoms with Crippen molar-refractivity contribution >= 4 is 28.6 Å². The van der Waals surface area contributed by atoms with Gasteiger partial charge >= 0.3 is 12.1 Å². The number of benzene rings is 2. The highest BCUT2D eigenvalue weighted by atomic mass is 35.5. The van der Waals surface area contributed by atoms with Crippen molar-refractivity contribution in [2.45, 2.75) is 20.0 Å². The van der Waals surface area contributed by atoms with E-state index in [0.717, 1.165) is 12.1 Å². The molecule has 1 aromatic heterocycles. The Labute approximate surface area is 159 Å². The minimum absolute atomic E-state index is 0.0225. The van der Waals surface area contributed by atoms with Gasteiger partial charge in [0.25, 0.3) is 0 Å². The quantitative estimate of drug-likeness (QED) is 0.515. The molecule has 0 N–H and O–H groups in total. The molecule has 3 aromatic rings. The highest BCUT2D eigenvalue weighted by Gasteiger charge is 2.30. The molecule has 1 heterocycles. The van der Waals surface area contributed by atoms with Gasteiger partial charge < -0.3 is 4.74 Å². The van der Waals surface area contributed by atoms with Crippen LogP contribution in [0.15, 0.2) is 42.5 Å². The first-order valence-electron chi connectivity index (χ1n) is 8.03. The average Bonchev–Trinajstić information content (AvgIpc) is 2.67. The molecule has 8 heteroatoms. The lowest BCUT2D eigenvalue weighted by Gasteiger charge is -2.09. The predicted molar refractivity (Wildman–Crippen MR) is 97.7 cm³/mol. The molecule has 0 aliphatic rings. The standard InChI is InChI=1S/C17H10ClF3N2O2.C2H6/c1-25-16(24)10-4-7-12-13(8-10)23-15(18)14(22-12)9-2-5-11(6-3-9)17(19,20)21;1-2/h2-8H,1H3;1-2H3. The van der Waals surface area contributed by atoms with Crippen molar-refractivity contribution < 1.29 is 22.7 Å². The molecule has 0 amide bonds. The third-order valence-corrected chi connectivity index (χ3v) is 3.79. The summed E-state index contributed by atoms with van der Waals surface area (Å²) in [5.74, 6) is -0.522. The lowest BCUT2D eigenvalue weighted by atomic mass is 10.1. The number of ether oxygens (including phenoxy) is 1. The first kappa shape index (κ1) is 20.6. The van der Waals surface area contributed by atoms with Gasteiger partial charge in [0.05, 0.1) is 29.3 Å². The molecule has 0 aliphatic heterocycles. The third kappa shape index (κ3) is 4.54. The molecule has 0 saturated heterocycles. The molecule has 2 aromatic carbocycles. The number of esters is 1. The van der Waals surface area contributed by atoms with Crippen molar-refractivity contribution in [2.75, 3.05) is 7.11 Å². The Morgan fingerprint density at radius 2 is 1.63 bits per heavy atom. The zero-order valence-electron chi connectivity index (χ0n) is 14.8. The fourth-order valence-corrected chi connectivity index (χ4v) is 2.52. The van der Waals surface area contributed by atoms with Gasteiger partial charge in [-0.1, -0.05) is 37.6 Å².